The average molecular weight is 337 g/mol. The van der Waals surface area contributed by atoms with Crippen LogP contribution in [0.4, 0.5) is 0 Å². The molecule has 0 spiro atoms. The van der Waals surface area contributed by atoms with Crippen LogP contribution in [0.5, 0.6) is 0 Å². The maximum Gasteiger partial charge on any atom is 0.226 e. The quantitative estimate of drug-likeness (QED) is 0.860. The van der Waals surface area contributed by atoms with Gasteiger partial charge in [-0.15, -0.1) is 11.3 Å². The first kappa shape index (κ1) is 16.4. The summed E-state index contributed by atoms with van der Waals surface area (Å²) in [4.78, 5) is 29.7. The van der Waals surface area contributed by atoms with E-state index in [1.165, 1.54) is 0 Å². The third-order valence-electron chi connectivity index (χ3n) is 4.59. The van der Waals surface area contributed by atoms with Crippen molar-refractivity contribution in [3.63, 3.8) is 0 Å². The van der Waals surface area contributed by atoms with Gasteiger partial charge in [-0.05, 0) is 11.4 Å². The topological polar surface area (TPSA) is 61.9 Å². The number of nitrogens with one attached hydrogen (secondary N) is 1. The van der Waals surface area contributed by atoms with Gasteiger partial charge in [0, 0.05) is 44.5 Å². The van der Waals surface area contributed by atoms with Crippen molar-refractivity contribution in [2.24, 2.45) is 5.92 Å². The molecular weight excluding hydrogens is 314 g/mol. The fraction of sp³-hybridized carbons (Fsp3) is 0.625. The Labute approximate surface area is 140 Å². The van der Waals surface area contributed by atoms with Crippen molar-refractivity contribution in [3.05, 3.63) is 22.4 Å². The highest BCUT2D eigenvalue weighted by molar-refractivity contribution is 7.10. The van der Waals surface area contributed by atoms with Gasteiger partial charge < -0.3 is 15.0 Å². The zero-order valence-corrected chi connectivity index (χ0v) is 14.2. The molecule has 126 valence electrons. The molecule has 3 rings (SSSR count). The number of likely N-dealkylation sites (tertiary alicyclic amines) is 1. The minimum Gasteiger partial charge on any atom is -0.379 e. The Hall–Kier alpha value is -1.44. The minimum atomic E-state index is -0.296. The maximum absolute atomic E-state index is 12.6. The molecule has 1 N–H and O–H groups in total. The number of rotatable bonds is 5. The zero-order chi connectivity index (χ0) is 16.2. The summed E-state index contributed by atoms with van der Waals surface area (Å²) in [6.07, 6.45) is 0.294. The van der Waals surface area contributed by atoms with Gasteiger partial charge in [0.15, 0.2) is 0 Å². The summed E-state index contributed by atoms with van der Waals surface area (Å²) >= 11 is 1.60. The highest BCUT2D eigenvalue weighted by Crippen LogP contribution is 2.38. The molecule has 7 heteroatoms. The molecule has 2 aliphatic rings. The van der Waals surface area contributed by atoms with Gasteiger partial charge in [-0.2, -0.15) is 0 Å². The second kappa shape index (κ2) is 7.42. The normalized spacial score (nSPS) is 25.8. The van der Waals surface area contributed by atoms with Crippen LogP contribution in [0.2, 0.25) is 0 Å². The van der Waals surface area contributed by atoms with Crippen LogP contribution < -0.4 is 5.32 Å². The molecule has 0 saturated carbocycles. The van der Waals surface area contributed by atoms with Crippen molar-refractivity contribution < 1.29 is 14.3 Å². The number of thiophene rings is 1. The van der Waals surface area contributed by atoms with Gasteiger partial charge in [0.25, 0.3) is 0 Å². The van der Waals surface area contributed by atoms with Crippen LogP contribution in [0, 0.1) is 5.92 Å². The first-order valence-corrected chi connectivity index (χ1v) is 8.91. The lowest BCUT2D eigenvalue weighted by Crippen LogP contribution is -2.43. The van der Waals surface area contributed by atoms with Gasteiger partial charge in [-0.1, -0.05) is 6.07 Å². The number of amides is 2. The number of ether oxygens (including phenoxy) is 1. The summed E-state index contributed by atoms with van der Waals surface area (Å²) in [6, 6.07) is 3.83. The van der Waals surface area contributed by atoms with E-state index in [0.29, 0.717) is 13.0 Å². The number of carbonyl (C=O) groups excluding carboxylic acids is 2. The van der Waals surface area contributed by atoms with Crippen LogP contribution in [0.25, 0.3) is 0 Å². The molecule has 2 amide bonds. The second-order valence-electron chi connectivity index (χ2n) is 6.02. The molecule has 6 nitrogen and oxygen atoms in total. The SMILES string of the molecule is CN1C(=O)C[C@H](C(=O)NCCN2CCOCC2)[C@@H]1c1cccs1. The monoisotopic (exact) mass is 337 g/mol. The minimum absolute atomic E-state index is 0.0191. The predicted molar refractivity (Wildman–Crippen MR) is 88.2 cm³/mol. The van der Waals surface area contributed by atoms with Gasteiger partial charge in [-0.25, -0.2) is 0 Å². The Kier molecular flexibility index (Phi) is 5.30. The Bertz CT molecular complexity index is 543. The van der Waals surface area contributed by atoms with Crippen LogP contribution >= 0.6 is 11.3 Å². The van der Waals surface area contributed by atoms with Gasteiger partial charge >= 0.3 is 0 Å². The van der Waals surface area contributed by atoms with E-state index in [0.717, 1.165) is 37.7 Å². The number of carbonyl (C=O) groups is 2. The molecule has 0 aliphatic carbocycles. The van der Waals surface area contributed by atoms with Crippen molar-refractivity contribution in [1.29, 1.82) is 0 Å². The molecular formula is C16H23N3O3S. The highest BCUT2D eigenvalue weighted by Gasteiger charge is 2.43. The van der Waals surface area contributed by atoms with Gasteiger partial charge in [0.05, 0.1) is 25.2 Å². The Morgan fingerprint density at radius 2 is 2.22 bits per heavy atom. The molecule has 3 heterocycles. The van der Waals surface area contributed by atoms with Crippen LogP contribution in [0.3, 0.4) is 0 Å². The molecule has 1 aromatic rings. The first-order chi connectivity index (χ1) is 11.2. The van der Waals surface area contributed by atoms with Gasteiger partial charge in [0.1, 0.15) is 0 Å². The summed E-state index contributed by atoms with van der Waals surface area (Å²) in [5, 5.41) is 4.99. The predicted octanol–water partition coefficient (Wildman–Crippen LogP) is 0.716. The van der Waals surface area contributed by atoms with Crippen LogP contribution in [-0.4, -0.2) is 68.1 Å². The van der Waals surface area contributed by atoms with E-state index in [9.17, 15) is 9.59 Å². The lowest BCUT2D eigenvalue weighted by molar-refractivity contribution is -0.128. The second-order valence-corrected chi connectivity index (χ2v) is 7.00. The van der Waals surface area contributed by atoms with E-state index in [-0.39, 0.29) is 23.8 Å². The van der Waals surface area contributed by atoms with E-state index < -0.39 is 0 Å². The number of hydrogen-bond donors (Lipinski definition) is 1. The first-order valence-electron chi connectivity index (χ1n) is 8.03. The molecule has 0 aromatic carbocycles. The molecule has 0 radical (unpaired) electrons. The van der Waals surface area contributed by atoms with Crippen LogP contribution in [0.15, 0.2) is 17.5 Å². The summed E-state index contributed by atoms with van der Waals surface area (Å²) in [7, 11) is 1.79. The molecule has 2 fully saturated rings. The molecule has 2 atom stereocenters. The third-order valence-corrected chi connectivity index (χ3v) is 5.53. The summed E-state index contributed by atoms with van der Waals surface area (Å²) in [5.74, 6) is -0.276. The molecule has 23 heavy (non-hydrogen) atoms. The smallest absolute Gasteiger partial charge is 0.226 e. The van der Waals surface area contributed by atoms with E-state index in [1.807, 2.05) is 17.5 Å². The maximum atomic E-state index is 12.6. The molecule has 0 unspecified atom stereocenters. The van der Waals surface area contributed by atoms with E-state index >= 15 is 0 Å². The van der Waals surface area contributed by atoms with E-state index in [1.54, 1.807) is 23.3 Å². The summed E-state index contributed by atoms with van der Waals surface area (Å²) in [6.45, 7) is 4.79. The summed E-state index contributed by atoms with van der Waals surface area (Å²) < 4.78 is 5.32. The Morgan fingerprint density at radius 1 is 1.43 bits per heavy atom. The number of nitrogens with zero attached hydrogens (tertiary/aromatic N) is 2. The van der Waals surface area contributed by atoms with E-state index in [4.69, 9.17) is 4.74 Å². The van der Waals surface area contributed by atoms with Crippen LogP contribution in [0.1, 0.15) is 17.3 Å². The lowest BCUT2D eigenvalue weighted by atomic mass is 9.98. The van der Waals surface area contributed by atoms with Gasteiger partial charge in [0.2, 0.25) is 11.8 Å². The molecule has 2 saturated heterocycles. The molecule has 0 bridgehead atoms. The van der Waals surface area contributed by atoms with Crippen molar-refractivity contribution in [3.8, 4) is 0 Å². The van der Waals surface area contributed by atoms with Crippen molar-refractivity contribution in [2.75, 3.05) is 46.4 Å². The largest absolute Gasteiger partial charge is 0.379 e. The van der Waals surface area contributed by atoms with E-state index in [2.05, 4.69) is 10.2 Å². The molecule has 1 aromatic heterocycles. The Balaban J connectivity index is 1.56. The average Bonchev–Trinajstić information content (AvgIpc) is 3.17. The third kappa shape index (κ3) is 3.73. The fourth-order valence-electron chi connectivity index (χ4n) is 3.25. The van der Waals surface area contributed by atoms with Crippen molar-refractivity contribution >= 4 is 23.2 Å². The number of morpholine rings is 1. The van der Waals surface area contributed by atoms with Crippen LogP contribution in [-0.2, 0) is 14.3 Å². The number of hydrogen-bond acceptors (Lipinski definition) is 5. The Morgan fingerprint density at radius 3 is 2.91 bits per heavy atom. The fourth-order valence-corrected chi connectivity index (χ4v) is 4.18. The zero-order valence-electron chi connectivity index (χ0n) is 13.4. The molecule has 2 aliphatic heterocycles. The standard InChI is InChI=1S/C16H23N3O3S/c1-18-14(20)11-12(15(18)13-3-2-10-23-13)16(21)17-4-5-19-6-8-22-9-7-19/h2-3,10,12,15H,4-9,11H2,1H3,(H,17,21)/t12-,15+/m0/s1. The van der Waals surface area contributed by atoms with Crippen molar-refractivity contribution in [1.82, 2.24) is 15.1 Å². The van der Waals surface area contributed by atoms with Gasteiger partial charge in [-0.3, -0.25) is 14.5 Å². The highest BCUT2D eigenvalue weighted by atomic mass is 32.1. The lowest BCUT2D eigenvalue weighted by Gasteiger charge is -2.27. The van der Waals surface area contributed by atoms with Crippen molar-refractivity contribution in [2.45, 2.75) is 12.5 Å². The summed E-state index contributed by atoms with van der Waals surface area (Å²) in [5.41, 5.74) is 0.